The Hall–Kier alpha value is -1.14. The van der Waals surface area contributed by atoms with Gasteiger partial charge in [-0.3, -0.25) is 14.7 Å². The fourth-order valence-corrected chi connectivity index (χ4v) is 3.56. The van der Waals surface area contributed by atoms with Gasteiger partial charge in [0.15, 0.2) is 5.65 Å². The molecule has 0 unspecified atom stereocenters. The summed E-state index contributed by atoms with van der Waals surface area (Å²) in [5.74, 6) is 0.523. The second-order valence-corrected chi connectivity index (χ2v) is 9.22. The van der Waals surface area contributed by atoms with Gasteiger partial charge in [0.25, 0.3) is 0 Å². The molecule has 0 saturated heterocycles. The molecule has 24 heavy (non-hydrogen) atoms. The molecule has 1 fully saturated rings. The lowest BCUT2D eigenvalue weighted by molar-refractivity contribution is -0.117. The highest BCUT2D eigenvalue weighted by Crippen LogP contribution is 2.43. The Labute approximate surface area is 155 Å². The first-order valence-corrected chi connectivity index (χ1v) is 9.31. The van der Waals surface area contributed by atoms with Crippen molar-refractivity contribution in [2.45, 2.75) is 58.9 Å². The normalized spacial score (nSPS) is 16.9. The highest BCUT2D eigenvalue weighted by Gasteiger charge is 2.38. The smallest absolute Gasteiger partial charge is 0.227 e. The molecule has 3 rings (SSSR count). The Kier molecular flexibility index (Phi) is 4.41. The van der Waals surface area contributed by atoms with Crippen molar-refractivity contribution < 1.29 is 4.79 Å². The minimum Gasteiger partial charge on any atom is -0.296 e. The molecule has 2 aromatic rings. The largest absolute Gasteiger partial charge is 0.296 e. The van der Waals surface area contributed by atoms with E-state index in [2.05, 4.69) is 38.1 Å². The zero-order chi connectivity index (χ0) is 17.7. The van der Waals surface area contributed by atoms with Crippen molar-refractivity contribution in [3.63, 3.8) is 0 Å². The highest BCUT2D eigenvalue weighted by atomic mass is 79.9. The van der Waals surface area contributed by atoms with Crippen LogP contribution in [-0.2, 0) is 10.3 Å². The van der Waals surface area contributed by atoms with E-state index in [9.17, 15) is 4.79 Å². The van der Waals surface area contributed by atoms with Crippen LogP contribution in [0.15, 0.2) is 10.5 Å². The van der Waals surface area contributed by atoms with Gasteiger partial charge in [-0.05, 0) is 53.6 Å². The number of imidazole rings is 1. The monoisotopic (exact) mass is 412 g/mol. The van der Waals surface area contributed by atoms with Crippen molar-refractivity contribution in [2.75, 3.05) is 5.32 Å². The topological polar surface area (TPSA) is 59.8 Å². The van der Waals surface area contributed by atoms with Crippen molar-refractivity contribution in [1.29, 1.82) is 0 Å². The van der Waals surface area contributed by atoms with E-state index in [0.717, 1.165) is 30.4 Å². The second kappa shape index (κ2) is 5.99. The number of aromatic nitrogens is 3. The predicted molar refractivity (Wildman–Crippen MR) is 100 cm³/mol. The minimum atomic E-state index is -0.0801. The first-order chi connectivity index (χ1) is 11.1. The van der Waals surface area contributed by atoms with E-state index in [-0.39, 0.29) is 16.9 Å². The summed E-state index contributed by atoms with van der Waals surface area (Å²) in [4.78, 5) is 21.5. The first-order valence-electron chi connectivity index (χ1n) is 8.14. The minimum absolute atomic E-state index is 0.0351. The lowest BCUT2D eigenvalue weighted by Crippen LogP contribution is -2.38. The Bertz CT molecular complexity index is 805. The Morgan fingerprint density at radius 1 is 1.42 bits per heavy atom. The quantitative estimate of drug-likeness (QED) is 0.710. The number of amides is 1. The van der Waals surface area contributed by atoms with Crippen LogP contribution in [0.2, 0.25) is 5.15 Å². The van der Waals surface area contributed by atoms with E-state index < -0.39 is 0 Å². The second-order valence-electron chi connectivity index (χ2n) is 8.01. The summed E-state index contributed by atoms with van der Waals surface area (Å²) >= 11 is 9.58. The molecule has 0 radical (unpaired) electrons. The molecule has 7 heteroatoms. The van der Waals surface area contributed by atoms with Crippen LogP contribution in [-0.4, -0.2) is 20.4 Å². The summed E-state index contributed by atoms with van der Waals surface area (Å²) < 4.78 is 2.75. The van der Waals surface area contributed by atoms with Gasteiger partial charge in [0, 0.05) is 12.0 Å². The Morgan fingerprint density at radius 3 is 2.62 bits per heavy atom. The van der Waals surface area contributed by atoms with Crippen LogP contribution in [0.4, 0.5) is 5.95 Å². The number of hydrogen-bond acceptors (Lipinski definition) is 3. The molecule has 1 aliphatic carbocycles. The number of halogens is 2. The maximum Gasteiger partial charge on any atom is 0.227 e. The summed E-state index contributed by atoms with van der Waals surface area (Å²) in [5, 5.41) is 3.39. The molecule has 2 heterocycles. The third-order valence-electron chi connectivity index (χ3n) is 4.46. The summed E-state index contributed by atoms with van der Waals surface area (Å²) in [7, 11) is 0. The maximum absolute atomic E-state index is 12.4. The molecular formula is C17H22BrClN4O. The summed E-state index contributed by atoms with van der Waals surface area (Å²) in [6.45, 7) is 8.30. The highest BCUT2D eigenvalue weighted by molar-refractivity contribution is 9.10. The number of fused-ring (bicyclic) bond motifs is 1. The van der Waals surface area contributed by atoms with Crippen molar-refractivity contribution in [2.24, 2.45) is 5.41 Å². The average molecular weight is 414 g/mol. The standard InChI is InChI=1S/C17H22BrClN4O/c1-16(2,3)9-12(24)21-15-20-11-8-10(18)13(19)22-14(11)23(15)17(4)6-5-7-17/h8H,5-7,9H2,1-4H3,(H,20,21,24). The number of rotatable bonds is 3. The van der Waals surface area contributed by atoms with Crippen LogP contribution in [0.3, 0.4) is 0 Å². The van der Waals surface area contributed by atoms with Crippen LogP contribution in [0.5, 0.6) is 0 Å². The van der Waals surface area contributed by atoms with Crippen molar-refractivity contribution in [3.05, 3.63) is 15.7 Å². The fourth-order valence-electron chi connectivity index (χ4n) is 3.12. The lowest BCUT2D eigenvalue weighted by atomic mass is 9.78. The van der Waals surface area contributed by atoms with E-state index >= 15 is 0 Å². The zero-order valence-corrected chi connectivity index (χ0v) is 16.8. The molecule has 0 bridgehead atoms. The van der Waals surface area contributed by atoms with Crippen LogP contribution < -0.4 is 5.32 Å². The molecule has 5 nitrogen and oxygen atoms in total. The molecule has 0 aromatic carbocycles. The molecule has 0 atom stereocenters. The van der Waals surface area contributed by atoms with Gasteiger partial charge < -0.3 is 0 Å². The van der Waals surface area contributed by atoms with Crippen LogP contribution in [0.1, 0.15) is 53.4 Å². The van der Waals surface area contributed by atoms with E-state index in [1.165, 1.54) is 0 Å². The zero-order valence-electron chi connectivity index (χ0n) is 14.4. The van der Waals surface area contributed by atoms with Gasteiger partial charge in [-0.15, -0.1) is 0 Å². The molecule has 1 amide bonds. The third kappa shape index (κ3) is 3.31. The molecule has 0 spiro atoms. The maximum atomic E-state index is 12.4. The van der Waals surface area contributed by atoms with Gasteiger partial charge in [-0.2, -0.15) is 0 Å². The van der Waals surface area contributed by atoms with E-state index in [0.29, 0.717) is 22.0 Å². The Balaban J connectivity index is 2.06. The number of hydrogen-bond donors (Lipinski definition) is 1. The SMILES string of the molecule is CC(C)(C)CC(=O)Nc1nc2cc(Br)c(Cl)nc2n1C1(C)CCC1. The molecule has 2 aromatic heterocycles. The number of carbonyl (C=O) groups is 1. The lowest BCUT2D eigenvalue weighted by Gasteiger charge is -2.40. The first kappa shape index (κ1) is 17.7. The van der Waals surface area contributed by atoms with E-state index in [4.69, 9.17) is 11.6 Å². The fraction of sp³-hybridized carbons (Fsp3) is 0.588. The number of nitrogens with one attached hydrogen (secondary N) is 1. The van der Waals surface area contributed by atoms with Gasteiger partial charge >= 0.3 is 0 Å². The number of carbonyl (C=O) groups excluding carboxylic acids is 1. The molecule has 130 valence electrons. The van der Waals surface area contributed by atoms with Gasteiger partial charge in [0.05, 0.1) is 4.47 Å². The number of anilines is 1. The van der Waals surface area contributed by atoms with E-state index in [1.54, 1.807) is 0 Å². The summed E-state index contributed by atoms with van der Waals surface area (Å²) in [6, 6.07) is 1.85. The number of nitrogens with zero attached hydrogens (tertiary/aromatic N) is 3. The molecule has 1 saturated carbocycles. The number of pyridine rings is 1. The molecule has 0 aliphatic heterocycles. The van der Waals surface area contributed by atoms with Crippen LogP contribution >= 0.6 is 27.5 Å². The summed E-state index contributed by atoms with van der Waals surface area (Å²) in [5.41, 5.74) is 1.29. The molecular weight excluding hydrogens is 392 g/mol. The third-order valence-corrected chi connectivity index (χ3v) is 5.58. The van der Waals surface area contributed by atoms with E-state index in [1.807, 2.05) is 31.4 Å². The Morgan fingerprint density at radius 2 is 2.08 bits per heavy atom. The predicted octanol–water partition coefficient (Wildman–Crippen LogP) is 5.12. The van der Waals surface area contributed by atoms with Gasteiger partial charge in [-0.25, -0.2) is 9.97 Å². The molecule has 1 aliphatic rings. The van der Waals surface area contributed by atoms with Crippen LogP contribution in [0, 0.1) is 5.41 Å². The average Bonchev–Trinajstić information content (AvgIpc) is 2.71. The summed E-state index contributed by atoms with van der Waals surface area (Å²) in [6.07, 6.45) is 3.67. The van der Waals surface area contributed by atoms with Crippen molar-refractivity contribution >= 4 is 50.6 Å². The van der Waals surface area contributed by atoms with Gasteiger partial charge in [0.1, 0.15) is 10.7 Å². The van der Waals surface area contributed by atoms with Crippen molar-refractivity contribution in [1.82, 2.24) is 14.5 Å². The van der Waals surface area contributed by atoms with Gasteiger partial charge in [0.2, 0.25) is 11.9 Å². The van der Waals surface area contributed by atoms with Crippen LogP contribution in [0.25, 0.3) is 11.2 Å². The molecule has 1 N–H and O–H groups in total. The van der Waals surface area contributed by atoms with Crippen molar-refractivity contribution in [3.8, 4) is 0 Å². The van der Waals surface area contributed by atoms with Gasteiger partial charge in [-0.1, -0.05) is 32.4 Å².